The Bertz CT molecular complexity index is 1000. The van der Waals surface area contributed by atoms with E-state index in [0.717, 1.165) is 37.3 Å². The van der Waals surface area contributed by atoms with Gasteiger partial charge in [0, 0.05) is 5.56 Å². The molecule has 0 unspecified atom stereocenters. The highest BCUT2D eigenvalue weighted by molar-refractivity contribution is 7.89. The molecule has 3 rings (SSSR count). The van der Waals surface area contributed by atoms with E-state index in [-0.39, 0.29) is 17.0 Å². The Morgan fingerprint density at radius 3 is 2.44 bits per heavy atom. The molecule has 0 bridgehead atoms. The van der Waals surface area contributed by atoms with Crippen molar-refractivity contribution in [2.45, 2.75) is 36.8 Å². The van der Waals surface area contributed by atoms with E-state index in [1.54, 1.807) is 12.1 Å². The summed E-state index contributed by atoms with van der Waals surface area (Å²) >= 11 is 0. The molecular formula is C20H18F3NO2S. The van der Waals surface area contributed by atoms with Crippen molar-refractivity contribution in [2.75, 3.05) is 6.54 Å². The average Bonchev–Trinajstić information content (AvgIpc) is 2.64. The number of rotatable bonds is 3. The molecule has 7 heteroatoms. The van der Waals surface area contributed by atoms with Crippen LogP contribution in [0, 0.1) is 11.8 Å². The predicted molar refractivity (Wildman–Crippen MR) is 96.6 cm³/mol. The molecule has 0 spiro atoms. The van der Waals surface area contributed by atoms with Crippen molar-refractivity contribution in [3.05, 3.63) is 64.7 Å². The zero-order valence-electron chi connectivity index (χ0n) is 14.4. The predicted octanol–water partition coefficient (Wildman–Crippen LogP) is 3.91. The van der Waals surface area contributed by atoms with E-state index in [0.29, 0.717) is 0 Å². The van der Waals surface area contributed by atoms with Crippen LogP contribution in [0.5, 0.6) is 0 Å². The van der Waals surface area contributed by atoms with Crippen molar-refractivity contribution >= 4 is 10.0 Å². The quantitative estimate of drug-likeness (QED) is 0.804. The molecule has 27 heavy (non-hydrogen) atoms. The summed E-state index contributed by atoms with van der Waals surface area (Å²) in [5, 5.41) is 0. The van der Waals surface area contributed by atoms with Gasteiger partial charge in [0.1, 0.15) is 0 Å². The topological polar surface area (TPSA) is 46.2 Å². The molecule has 0 heterocycles. The Morgan fingerprint density at radius 2 is 1.70 bits per heavy atom. The molecular weight excluding hydrogens is 375 g/mol. The first-order valence-electron chi connectivity index (χ1n) is 8.54. The Morgan fingerprint density at radius 1 is 1.00 bits per heavy atom. The molecule has 0 saturated heterocycles. The molecule has 0 atom stereocenters. The van der Waals surface area contributed by atoms with E-state index in [1.165, 1.54) is 23.8 Å². The molecule has 2 aromatic rings. The van der Waals surface area contributed by atoms with Gasteiger partial charge in [0.25, 0.3) is 0 Å². The van der Waals surface area contributed by atoms with Crippen LogP contribution in [0.25, 0.3) is 0 Å². The van der Waals surface area contributed by atoms with Crippen molar-refractivity contribution in [1.82, 2.24) is 4.72 Å². The summed E-state index contributed by atoms with van der Waals surface area (Å²) in [6.45, 7) is -0.272. The van der Waals surface area contributed by atoms with Crippen LogP contribution in [0.2, 0.25) is 0 Å². The zero-order valence-corrected chi connectivity index (χ0v) is 15.3. The smallest absolute Gasteiger partial charge is 0.207 e. The van der Waals surface area contributed by atoms with E-state index in [1.807, 2.05) is 6.07 Å². The molecule has 1 aliphatic carbocycles. The third-order valence-electron chi connectivity index (χ3n) is 4.44. The number of hydrogen-bond acceptors (Lipinski definition) is 2. The fourth-order valence-electron chi connectivity index (χ4n) is 3.07. The highest BCUT2D eigenvalue weighted by Crippen LogP contribution is 2.31. The number of nitrogens with one attached hydrogen (secondary N) is 1. The van der Waals surface area contributed by atoms with Gasteiger partial charge >= 0.3 is 6.18 Å². The first-order valence-corrected chi connectivity index (χ1v) is 10.0. The van der Waals surface area contributed by atoms with Crippen LogP contribution in [0.3, 0.4) is 0 Å². The Balaban J connectivity index is 1.72. The average molecular weight is 393 g/mol. The van der Waals surface area contributed by atoms with Gasteiger partial charge in [-0.3, -0.25) is 0 Å². The van der Waals surface area contributed by atoms with Gasteiger partial charge in [-0.05, 0) is 61.1 Å². The molecule has 0 fully saturated rings. The Labute approximate surface area is 156 Å². The van der Waals surface area contributed by atoms with E-state index < -0.39 is 21.8 Å². The minimum atomic E-state index is -4.51. The Hall–Kier alpha value is -2.30. The van der Waals surface area contributed by atoms with Gasteiger partial charge in [0.2, 0.25) is 10.0 Å². The van der Waals surface area contributed by atoms with Crippen LogP contribution in [0.1, 0.15) is 35.1 Å². The van der Waals surface area contributed by atoms with E-state index in [4.69, 9.17) is 0 Å². The van der Waals surface area contributed by atoms with Crippen LogP contribution >= 0.6 is 0 Å². The van der Waals surface area contributed by atoms with Crippen LogP contribution in [0.15, 0.2) is 47.4 Å². The van der Waals surface area contributed by atoms with Crippen LogP contribution < -0.4 is 4.72 Å². The van der Waals surface area contributed by atoms with Gasteiger partial charge in [-0.15, -0.1) is 0 Å². The maximum absolute atomic E-state index is 12.9. The molecule has 0 amide bonds. The molecule has 0 saturated carbocycles. The van der Waals surface area contributed by atoms with E-state index in [2.05, 4.69) is 16.6 Å². The number of alkyl halides is 3. The highest BCUT2D eigenvalue weighted by atomic mass is 32.2. The summed E-state index contributed by atoms with van der Waals surface area (Å²) in [7, 11) is -3.76. The van der Waals surface area contributed by atoms with Gasteiger partial charge in [-0.2, -0.15) is 17.9 Å². The summed E-state index contributed by atoms with van der Waals surface area (Å²) in [4.78, 5) is 0.153. The second kappa shape index (κ2) is 7.75. The summed E-state index contributed by atoms with van der Waals surface area (Å²) < 4.78 is 65.9. The lowest BCUT2D eigenvalue weighted by atomic mass is 9.92. The van der Waals surface area contributed by atoms with Gasteiger partial charge in [-0.25, -0.2) is 8.42 Å². The van der Waals surface area contributed by atoms with Crippen molar-refractivity contribution in [1.29, 1.82) is 0 Å². The van der Waals surface area contributed by atoms with Crippen LogP contribution in [-0.4, -0.2) is 15.0 Å². The lowest BCUT2D eigenvalue weighted by Gasteiger charge is -2.16. The third kappa shape index (κ3) is 4.71. The number of halogens is 3. The fraction of sp³-hybridized carbons (Fsp3) is 0.300. The molecule has 1 aliphatic rings. The molecule has 142 valence electrons. The maximum Gasteiger partial charge on any atom is 0.417 e. The van der Waals surface area contributed by atoms with Gasteiger partial charge < -0.3 is 0 Å². The fourth-order valence-corrected chi connectivity index (χ4v) is 4.04. The van der Waals surface area contributed by atoms with Crippen molar-refractivity contribution in [2.24, 2.45) is 0 Å². The number of hydrogen-bond donors (Lipinski definition) is 1. The molecule has 0 aliphatic heterocycles. The molecule has 3 nitrogen and oxygen atoms in total. The Kier molecular flexibility index (Phi) is 5.59. The summed E-state index contributed by atoms with van der Waals surface area (Å²) in [5.74, 6) is 4.86. The largest absolute Gasteiger partial charge is 0.417 e. The first-order chi connectivity index (χ1) is 12.8. The number of fused-ring (bicyclic) bond motifs is 1. The maximum atomic E-state index is 12.9. The lowest BCUT2D eigenvalue weighted by Crippen LogP contribution is -2.24. The lowest BCUT2D eigenvalue weighted by molar-refractivity contribution is -0.137. The van der Waals surface area contributed by atoms with Crippen LogP contribution in [-0.2, 0) is 29.0 Å². The molecule has 0 radical (unpaired) electrons. The summed E-state index contributed by atoms with van der Waals surface area (Å²) in [6, 6.07) is 9.99. The minimum Gasteiger partial charge on any atom is -0.207 e. The van der Waals surface area contributed by atoms with E-state index in [9.17, 15) is 21.6 Å². The zero-order chi connectivity index (χ0) is 19.5. The third-order valence-corrected chi connectivity index (χ3v) is 5.84. The summed E-state index contributed by atoms with van der Waals surface area (Å²) in [5.41, 5.74) is 1.19. The monoisotopic (exact) mass is 393 g/mol. The van der Waals surface area contributed by atoms with E-state index >= 15 is 0 Å². The normalized spacial score (nSPS) is 14.2. The standard InChI is InChI=1S/C20H18F3NO2S/c21-20(22,23)19-10-4-3-7-16(19)9-5-13-24-27(25,26)18-12-11-15-6-1-2-8-17(15)14-18/h3-4,7,10-12,14,24H,1-2,6,8,13H2. The van der Waals surface area contributed by atoms with Gasteiger partial charge in [0.05, 0.1) is 17.0 Å². The SMILES string of the molecule is O=S(=O)(NCC#Cc1ccccc1C(F)(F)F)c1ccc2c(c1)CCCC2. The second-order valence-electron chi connectivity index (χ2n) is 6.31. The van der Waals surface area contributed by atoms with Crippen LogP contribution in [0.4, 0.5) is 13.2 Å². The molecule has 1 N–H and O–H groups in total. The highest BCUT2D eigenvalue weighted by Gasteiger charge is 2.32. The molecule has 0 aromatic heterocycles. The van der Waals surface area contributed by atoms with Gasteiger partial charge in [-0.1, -0.05) is 30.0 Å². The number of sulfonamides is 1. The van der Waals surface area contributed by atoms with Crippen molar-refractivity contribution in [3.8, 4) is 11.8 Å². The van der Waals surface area contributed by atoms with Gasteiger partial charge in [0.15, 0.2) is 0 Å². The van der Waals surface area contributed by atoms with Crippen molar-refractivity contribution < 1.29 is 21.6 Å². The number of benzene rings is 2. The number of aryl methyl sites for hydroxylation is 2. The summed E-state index contributed by atoms with van der Waals surface area (Å²) in [6.07, 6.45) is -0.561. The van der Waals surface area contributed by atoms with Crippen molar-refractivity contribution in [3.63, 3.8) is 0 Å². The minimum absolute atomic E-state index is 0.153. The first kappa shape index (κ1) is 19.5. The second-order valence-corrected chi connectivity index (χ2v) is 8.07. The molecule has 2 aromatic carbocycles.